The van der Waals surface area contributed by atoms with Gasteiger partial charge in [0.25, 0.3) is 5.91 Å². The Labute approximate surface area is 131 Å². The fourth-order valence-electron chi connectivity index (χ4n) is 1.76. The van der Waals surface area contributed by atoms with Crippen molar-refractivity contribution in [3.05, 3.63) is 38.5 Å². The van der Waals surface area contributed by atoms with Crippen molar-refractivity contribution in [2.24, 2.45) is 0 Å². The molecule has 2 aromatic rings. The van der Waals surface area contributed by atoms with E-state index in [1.54, 1.807) is 10.3 Å². The van der Waals surface area contributed by atoms with Gasteiger partial charge in [-0.1, -0.05) is 6.07 Å². The minimum Gasteiger partial charge on any atom is -0.464 e. The van der Waals surface area contributed by atoms with E-state index in [1.807, 2.05) is 31.4 Å². The maximum absolute atomic E-state index is 12.5. The first-order chi connectivity index (χ1) is 10.0. The number of carbonyl (C=O) groups is 2. The number of ether oxygens (including phenoxy) is 1. The highest BCUT2D eigenvalue weighted by Gasteiger charge is 2.22. The van der Waals surface area contributed by atoms with Crippen LogP contribution in [0.2, 0.25) is 0 Å². The average molecular weight is 324 g/mol. The monoisotopic (exact) mass is 324 g/mol. The van der Waals surface area contributed by atoms with Gasteiger partial charge in [-0.25, -0.2) is 9.78 Å². The number of thiophene rings is 1. The predicted molar refractivity (Wildman–Crippen MR) is 82.8 cm³/mol. The summed E-state index contributed by atoms with van der Waals surface area (Å²) >= 11 is 2.77. The summed E-state index contributed by atoms with van der Waals surface area (Å²) in [5, 5.41) is 4.24. The molecule has 5 nitrogen and oxygen atoms in total. The fraction of sp³-hybridized carbons (Fsp3) is 0.357. The van der Waals surface area contributed by atoms with Gasteiger partial charge in [-0.2, -0.15) is 0 Å². The van der Waals surface area contributed by atoms with Gasteiger partial charge in [-0.3, -0.25) is 4.79 Å². The van der Waals surface area contributed by atoms with Crippen LogP contribution >= 0.6 is 22.7 Å². The molecule has 0 saturated heterocycles. The molecule has 1 amide bonds. The quantitative estimate of drug-likeness (QED) is 0.793. The third-order valence-electron chi connectivity index (χ3n) is 2.87. The summed E-state index contributed by atoms with van der Waals surface area (Å²) in [6, 6.07) is 3.71. The molecule has 0 aliphatic rings. The normalized spacial score (nSPS) is 10.7. The van der Waals surface area contributed by atoms with Gasteiger partial charge in [-0.05, 0) is 25.3 Å². The van der Waals surface area contributed by atoms with Gasteiger partial charge in [-0.15, -0.1) is 22.7 Å². The topological polar surface area (TPSA) is 59.5 Å². The van der Waals surface area contributed by atoms with Gasteiger partial charge in [0.05, 0.1) is 18.5 Å². The molecular formula is C14H16N2O3S2. The molecule has 0 radical (unpaired) electrons. The zero-order chi connectivity index (χ0) is 15.4. The zero-order valence-electron chi connectivity index (χ0n) is 12.0. The van der Waals surface area contributed by atoms with Crippen LogP contribution in [0.4, 0.5) is 0 Å². The van der Waals surface area contributed by atoms with Gasteiger partial charge in [0.2, 0.25) is 0 Å². The number of thiazole rings is 1. The second-order valence-electron chi connectivity index (χ2n) is 4.62. The van der Waals surface area contributed by atoms with Crippen molar-refractivity contribution >= 4 is 34.6 Å². The minimum absolute atomic E-state index is 0.0187. The van der Waals surface area contributed by atoms with Crippen molar-refractivity contribution < 1.29 is 14.3 Å². The van der Waals surface area contributed by atoms with E-state index in [0.29, 0.717) is 16.4 Å². The number of carbonyl (C=O) groups excluding carboxylic acids is 2. The molecule has 2 heterocycles. The van der Waals surface area contributed by atoms with Crippen LogP contribution < -0.4 is 0 Å². The Morgan fingerprint density at radius 1 is 1.38 bits per heavy atom. The van der Waals surface area contributed by atoms with Gasteiger partial charge in [0.1, 0.15) is 5.01 Å². The van der Waals surface area contributed by atoms with Gasteiger partial charge >= 0.3 is 5.97 Å². The molecule has 0 atom stereocenters. The van der Waals surface area contributed by atoms with E-state index >= 15 is 0 Å². The Bertz CT molecular complexity index is 620. The van der Waals surface area contributed by atoms with E-state index in [0.717, 1.165) is 0 Å². The summed E-state index contributed by atoms with van der Waals surface area (Å²) in [7, 11) is 1.32. The van der Waals surface area contributed by atoms with Crippen LogP contribution in [0, 0.1) is 0 Å². The molecule has 21 heavy (non-hydrogen) atoms. The Morgan fingerprint density at radius 2 is 2.14 bits per heavy atom. The second-order valence-corrected chi connectivity index (χ2v) is 6.51. The average Bonchev–Trinajstić information content (AvgIpc) is 3.14. The van der Waals surface area contributed by atoms with Crippen LogP contribution in [0.3, 0.4) is 0 Å². The largest absolute Gasteiger partial charge is 0.464 e. The van der Waals surface area contributed by atoms with E-state index < -0.39 is 5.97 Å². The first kappa shape index (κ1) is 15.7. The lowest BCUT2D eigenvalue weighted by atomic mass is 10.3. The van der Waals surface area contributed by atoms with Crippen LogP contribution in [-0.2, 0) is 11.3 Å². The van der Waals surface area contributed by atoms with Crippen LogP contribution in [0.5, 0.6) is 0 Å². The van der Waals surface area contributed by atoms with Crippen LogP contribution in [0.25, 0.3) is 0 Å². The maximum Gasteiger partial charge on any atom is 0.357 e. The Hall–Kier alpha value is -1.73. The Morgan fingerprint density at radius 3 is 2.71 bits per heavy atom. The van der Waals surface area contributed by atoms with E-state index in [2.05, 4.69) is 9.72 Å². The number of hydrogen-bond acceptors (Lipinski definition) is 6. The number of hydrogen-bond donors (Lipinski definition) is 0. The highest BCUT2D eigenvalue weighted by Crippen LogP contribution is 2.19. The first-order valence-corrected chi connectivity index (χ1v) is 8.16. The van der Waals surface area contributed by atoms with Crippen LogP contribution in [-0.4, -0.2) is 34.9 Å². The molecule has 112 valence electrons. The summed E-state index contributed by atoms with van der Waals surface area (Å²) in [5.74, 6) is -0.479. The first-order valence-electron chi connectivity index (χ1n) is 6.40. The Balaban J connectivity index is 2.15. The standard InChI is InChI=1S/C14H16N2O3S2/c1-9(2)16(13(17)11-5-4-6-20-11)7-12-15-10(8-21-12)14(18)19-3/h4-6,8-9H,7H2,1-3H3. The summed E-state index contributed by atoms with van der Waals surface area (Å²) in [6.07, 6.45) is 0. The third kappa shape index (κ3) is 3.68. The summed E-state index contributed by atoms with van der Waals surface area (Å²) in [6.45, 7) is 4.30. The number of amides is 1. The highest BCUT2D eigenvalue weighted by molar-refractivity contribution is 7.12. The lowest BCUT2D eigenvalue weighted by Crippen LogP contribution is -2.36. The van der Waals surface area contributed by atoms with E-state index in [9.17, 15) is 9.59 Å². The summed E-state index contributed by atoms with van der Waals surface area (Å²) in [5.41, 5.74) is 0.282. The molecule has 2 aromatic heterocycles. The molecule has 0 saturated carbocycles. The van der Waals surface area contributed by atoms with Crippen LogP contribution in [0.1, 0.15) is 39.0 Å². The molecule has 2 rings (SSSR count). The summed E-state index contributed by atoms with van der Waals surface area (Å²) in [4.78, 5) is 30.5. The molecule has 0 aromatic carbocycles. The van der Waals surface area contributed by atoms with E-state index in [4.69, 9.17) is 0 Å². The number of nitrogens with zero attached hydrogens (tertiary/aromatic N) is 2. The molecule has 0 spiro atoms. The van der Waals surface area contributed by atoms with Crippen molar-refractivity contribution in [3.8, 4) is 0 Å². The van der Waals surface area contributed by atoms with Crippen molar-refractivity contribution in [1.29, 1.82) is 0 Å². The molecule has 7 heteroatoms. The molecule has 0 N–H and O–H groups in total. The lowest BCUT2D eigenvalue weighted by Gasteiger charge is -2.25. The molecule has 0 aliphatic carbocycles. The molecular weight excluding hydrogens is 308 g/mol. The number of esters is 1. The van der Waals surface area contributed by atoms with E-state index in [1.165, 1.54) is 29.8 Å². The van der Waals surface area contributed by atoms with Gasteiger partial charge < -0.3 is 9.64 Å². The number of aromatic nitrogens is 1. The summed E-state index contributed by atoms with van der Waals surface area (Å²) < 4.78 is 4.63. The SMILES string of the molecule is COC(=O)c1csc(CN(C(=O)c2cccs2)C(C)C)n1. The third-order valence-corrected chi connectivity index (χ3v) is 4.56. The zero-order valence-corrected chi connectivity index (χ0v) is 13.7. The smallest absolute Gasteiger partial charge is 0.357 e. The van der Waals surface area contributed by atoms with Gasteiger partial charge in [0, 0.05) is 11.4 Å². The molecule has 0 aliphatic heterocycles. The lowest BCUT2D eigenvalue weighted by molar-refractivity contribution is 0.0594. The maximum atomic E-state index is 12.5. The van der Waals surface area contributed by atoms with Crippen molar-refractivity contribution in [3.63, 3.8) is 0 Å². The minimum atomic E-state index is -0.460. The van der Waals surface area contributed by atoms with Crippen molar-refractivity contribution in [1.82, 2.24) is 9.88 Å². The van der Waals surface area contributed by atoms with Crippen molar-refractivity contribution in [2.45, 2.75) is 26.4 Å². The van der Waals surface area contributed by atoms with E-state index in [-0.39, 0.29) is 17.6 Å². The molecule has 0 fully saturated rings. The second kappa shape index (κ2) is 6.82. The predicted octanol–water partition coefficient (Wildman–Crippen LogP) is 3.04. The highest BCUT2D eigenvalue weighted by atomic mass is 32.1. The molecule has 0 bridgehead atoms. The fourth-order valence-corrected chi connectivity index (χ4v) is 3.20. The van der Waals surface area contributed by atoms with Crippen LogP contribution in [0.15, 0.2) is 22.9 Å². The number of methoxy groups -OCH3 is 1. The molecule has 0 unspecified atom stereocenters. The van der Waals surface area contributed by atoms with Crippen molar-refractivity contribution in [2.75, 3.05) is 7.11 Å². The number of rotatable bonds is 5. The Kier molecular flexibility index (Phi) is 5.08. The van der Waals surface area contributed by atoms with Gasteiger partial charge in [0.15, 0.2) is 5.69 Å².